The van der Waals surface area contributed by atoms with E-state index in [9.17, 15) is 9.59 Å². The van der Waals surface area contributed by atoms with Gasteiger partial charge in [-0.3, -0.25) is 15.4 Å². The number of carbonyl (C=O) groups is 2. The molecule has 3 rings (SSSR count). The number of nitrogens with one attached hydrogen (secondary N) is 4. The van der Waals surface area contributed by atoms with Crippen LogP contribution in [0.2, 0.25) is 0 Å². The van der Waals surface area contributed by atoms with Crippen LogP contribution in [0.25, 0.3) is 11.3 Å². The van der Waals surface area contributed by atoms with Gasteiger partial charge in [0.1, 0.15) is 5.82 Å². The lowest BCUT2D eigenvalue weighted by Crippen LogP contribution is -2.57. The van der Waals surface area contributed by atoms with Crippen LogP contribution < -0.4 is 21.3 Å². The summed E-state index contributed by atoms with van der Waals surface area (Å²) in [5.41, 5.74) is 1.64. The van der Waals surface area contributed by atoms with Gasteiger partial charge in [-0.15, -0.1) is 0 Å². The fraction of sp³-hybridized carbons (Fsp3) is 0.476. The van der Waals surface area contributed by atoms with Crippen LogP contribution in [0.5, 0.6) is 0 Å². The monoisotopic (exact) mass is 398 g/mol. The van der Waals surface area contributed by atoms with Gasteiger partial charge in [-0.05, 0) is 19.3 Å². The summed E-state index contributed by atoms with van der Waals surface area (Å²) in [5.74, 6) is 0.735. The number of nitrogens with zero attached hydrogens (tertiary/aromatic N) is 2. The Morgan fingerprint density at radius 1 is 1.28 bits per heavy atom. The summed E-state index contributed by atoms with van der Waals surface area (Å²) < 4.78 is 1.62. The minimum atomic E-state index is -0.543. The van der Waals surface area contributed by atoms with E-state index in [4.69, 9.17) is 0 Å². The fourth-order valence-electron chi connectivity index (χ4n) is 3.44. The molecule has 3 amide bonds. The Labute approximate surface area is 171 Å². The molecule has 0 spiro atoms. The van der Waals surface area contributed by atoms with E-state index in [1.807, 2.05) is 64.1 Å². The molecule has 8 nitrogen and oxygen atoms in total. The smallest absolute Gasteiger partial charge is 0.320 e. The first-order valence-corrected chi connectivity index (χ1v) is 10.1. The van der Waals surface area contributed by atoms with Gasteiger partial charge in [0.25, 0.3) is 0 Å². The van der Waals surface area contributed by atoms with Gasteiger partial charge in [0.2, 0.25) is 5.91 Å². The largest absolute Gasteiger partial charge is 0.338 e. The van der Waals surface area contributed by atoms with E-state index < -0.39 is 6.29 Å². The second-order valence-electron chi connectivity index (χ2n) is 7.84. The van der Waals surface area contributed by atoms with Crippen molar-refractivity contribution in [3.63, 3.8) is 0 Å². The Kier molecular flexibility index (Phi) is 6.53. The first-order chi connectivity index (χ1) is 13.9. The summed E-state index contributed by atoms with van der Waals surface area (Å²) in [6, 6.07) is 11.2. The number of rotatable bonds is 6. The summed E-state index contributed by atoms with van der Waals surface area (Å²) in [7, 11) is 0. The van der Waals surface area contributed by atoms with Crippen molar-refractivity contribution in [3.05, 3.63) is 36.4 Å². The molecule has 1 aromatic heterocycles. The molecule has 1 aliphatic rings. The van der Waals surface area contributed by atoms with Gasteiger partial charge in [-0.2, -0.15) is 5.10 Å². The molecule has 1 fully saturated rings. The number of anilines is 1. The zero-order chi connectivity index (χ0) is 21.0. The minimum Gasteiger partial charge on any atom is -0.338 e. The molecule has 2 heterocycles. The third-order valence-corrected chi connectivity index (χ3v) is 5.04. The van der Waals surface area contributed by atoms with Crippen LogP contribution in [-0.4, -0.2) is 34.3 Å². The molecule has 0 bridgehead atoms. The van der Waals surface area contributed by atoms with Crippen LogP contribution >= 0.6 is 0 Å². The molecule has 4 N–H and O–H groups in total. The molecule has 156 valence electrons. The molecule has 8 heteroatoms. The van der Waals surface area contributed by atoms with Crippen molar-refractivity contribution in [2.45, 2.75) is 46.4 Å². The highest BCUT2D eigenvalue weighted by atomic mass is 16.2. The maximum absolute atomic E-state index is 12.5. The Bertz CT molecular complexity index is 848. The SMILES string of the molecule is CCC1C(=O)NC(n2nc(-c3ccccc3)cc2NC(=O)NCC(C)C)NC1C. The second-order valence-corrected chi connectivity index (χ2v) is 7.84. The molecule has 1 aromatic carbocycles. The van der Waals surface area contributed by atoms with E-state index in [2.05, 4.69) is 26.4 Å². The van der Waals surface area contributed by atoms with E-state index in [0.29, 0.717) is 24.0 Å². The van der Waals surface area contributed by atoms with Crippen LogP contribution in [0.3, 0.4) is 0 Å². The summed E-state index contributed by atoms with van der Waals surface area (Å²) in [5, 5.41) is 16.7. The number of hydrogen-bond acceptors (Lipinski definition) is 4. The molecule has 0 radical (unpaired) electrons. The van der Waals surface area contributed by atoms with Gasteiger partial charge in [0.15, 0.2) is 6.29 Å². The van der Waals surface area contributed by atoms with Gasteiger partial charge < -0.3 is 10.6 Å². The van der Waals surface area contributed by atoms with Crippen LogP contribution in [0, 0.1) is 11.8 Å². The topological polar surface area (TPSA) is 100 Å². The first-order valence-electron chi connectivity index (χ1n) is 10.1. The van der Waals surface area contributed by atoms with Gasteiger partial charge in [0.05, 0.1) is 11.6 Å². The van der Waals surface area contributed by atoms with E-state index in [1.54, 1.807) is 4.68 Å². The van der Waals surface area contributed by atoms with Crippen molar-refractivity contribution in [1.82, 2.24) is 25.7 Å². The summed E-state index contributed by atoms with van der Waals surface area (Å²) in [6.07, 6.45) is 0.210. The Morgan fingerprint density at radius 2 is 2.00 bits per heavy atom. The lowest BCUT2D eigenvalue weighted by atomic mass is 9.95. The predicted molar refractivity (Wildman–Crippen MR) is 113 cm³/mol. The summed E-state index contributed by atoms with van der Waals surface area (Å²) in [4.78, 5) is 24.9. The molecule has 1 saturated heterocycles. The minimum absolute atomic E-state index is 0.00857. The predicted octanol–water partition coefficient (Wildman–Crippen LogP) is 2.92. The zero-order valence-corrected chi connectivity index (χ0v) is 17.4. The van der Waals surface area contributed by atoms with Crippen LogP contribution in [0.1, 0.15) is 40.4 Å². The van der Waals surface area contributed by atoms with Gasteiger partial charge in [-0.25, -0.2) is 9.48 Å². The third-order valence-electron chi connectivity index (χ3n) is 5.04. The van der Waals surface area contributed by atoms with Crippen LogP contribution in [-0.2, 0) is 4.79 Å². The Balaban J connectivity index is 1.88. The number of benzene rings is 1. The Morgan fingerprint density at radius 3 is 2.62 bits per heavy atom. The molecular formula is C21H30N6O2. The average Bonchev–Trinajstić information content (AvgIpc) is 3.10. The standard InChI is InChI=1S/C21H30N6O2/c1-5-16-14(4)23-20(25-19(16)28)27-18(24-21(29)22-12-13(2)3)11-17(26-27)15-9-7-6-8-10-15/h6-11,13-14,16,20,23H,5,12H2,1-4H3,(H,25,28)(H2,22,24,29). The van der Waals surface area contributed by atoms with Gasteiger partial charge in [-0.1, -0.05) is 51.1 Å². The normalized spacial score (nSPS) is 21.7. The molecule has 1 aliphatic heterocycles. The van der Waals surface area contributed by atoms with Crippen molar-refractivity contribution in [2.75, 3.05) is 11.9 Å². The highest BCUT2D eigenvalue weighted by Crippen LogP contribution is 2.26. The molecule has 2 aromatic rings. The number of amides is 3. The third kappa shape index (κ3) is 4.95. The van der Waals surface area contributed by atoms with Crippen molar-refractivity contribution in [3.8, 4) is 11.3 Å². The molecular weight excluding hydrogens is 368 g/mol. The average molecular weight is 399 g/mol. The maximum Gasteiger partial charge on any atom is 0.320 e. The van der Waals surface area contributed by atoms with E-state index in [-0.39, 0.29) is 23.9 Å². The van der Waals surface area contributed by atoms with E-state index >= 15 is 0 Å². The molecule has 3 unspecified atom stereocenters. The molecule has 0 saturated carbocycles. The second kappa shape index (κ2) is 9.09. The lowest BCUT2D eigenvalue weighted by molar-refractivity contribution is -0.130. The van der Waals surface area contributed by atoms with Crippen molar-refractivity contribution < 1.29 is 9.59 Å². The maximum atomic E-state index is 12.5. The van der Waals surface area contributed by atoms with Crippen molar-refractivity contribution in [2.24, 2.45) is 11.8 Å². The van der Waals surface area contributed by atoms with E-state index in [1.165, 1.54) is 0 Å². The first kappa shape index (κ1) is 20.9. The fourth-order valence-corrected chi connectivity index (χ4v) is 3.44. The number of urea groups is 1. The zero-order valence-electron chi connectivity index (χ0n) is 17.4. The molecule has 29 heavy (non-hydrogen) atoms. The lowest BCUT2D eigenvalue weighted by Gasteiger charge is -2.35. The van der Waals surface area contributed by atoms with E-state index in [0.717, 1.165) is 12.0 Å². The summed E-state index contributed by atoms with van der Waals surface area (Å²) >= 11 is 0. The molecule has 0 aliphatic carbocycles. The molecule has 3 atom stereocenters. The number of carbonyl (C=O) groups excluding carboxylic acids is 2. The van der Waals surface area contributed by atoms with Gasteiger partial charge in [0, 0.05) is 24.2 Å². The number of hydrogen-bond donors (Lipinski definition) is 4. The van der Waals surface area contributed by atoms with Crippen molar-refractivity contribution >= 4 is 17.8 Å². The quantitative estimate of drug-likeness (QED) is 0.601. The highest BCUT2D eigenvalue weighted by molar-refractivity contribution is 5.89. The van der Waals surface area contributed by atoms with Crippen LogP contribution in [0.4, 0.5) is 10.6 Å². The highest BCUT2D eigenvalue weighted by Gasteiger charge is 2.34. The number of aromatic nitrogens is 2. The van der Waals surface area contributed by atoms with Crippen LogP contribution in [0.15, 0.2) is 36.4 Å². The summed E-state index contributed by atoms with van der Waals surface area (Å²) in [6.45, 7) is 8.62. The van der Waals surface area contributed by atoms with Crippen molar-refractivity contribution in [1.29, 1.82) is 0 Å². The van der Waals surface area contributed by atoms with Gasteiger partial charge >= 0.3 is 6.03 Å². The Hall–Kier alpha value is -2.87.